The molecule has 1 aliphatic heterocycles. The number of fused-ring (bicyclic) bond motifs is 1. The molecule has 0 radical (unpaired) electrons. The zero-order valence-corrected chi connectivity index (χ0v) is 15.1. The Morgan fingerprint density at radius 2 is 2.00 bits per heavy atom. The number of carbonyl (C=O) groups excluding carboxylic acids is 1. The van der Waals surface area contributed by atoms with Crippen molar-refractivity contribution in [1.82, 2.24) is 9.29 Å². The molecule has 1 atom stereocenters. The number of anilines is 1. The van der Waals surface area contributed by atoms with Crippen LogP contribution in [0.3, 0.4) is 0 Å². The topological polar surface area (TPSA) is 79.4 Å². The van der Waals surface area contributed by atoms with Crippen molar-refractivity contribution in [3.05, 3.63) is 23.5 Å². The molecular formula is C17H25N3O3S. The van der Waals surface area contributed by atoms with E-state index in [9.17, 15) is 13.2 Å². The van der Waals surface area contributed by atoms with Crippen molar-refractivity contribution in [1.29, 1.82) is 0 Å². The molecule has 24 heavy (non-hydrogen) atoms. The van der Waals surface area contributed by atoms with Crippen LogP contribution >= 0.6 is 0 Å². The third-order valence-electron chi connectivity index (χ3n) is 4.79. The lowest BCUT2D eigenvalue weighted by molar-refractivity contribution is -0.120. The quantitative estimate of drug-likeness (QED) is 0.899. The van der Waals surface area contributed by atoms with Crippen LogP contribution in [0.1, 0.15) is 44.4 Å². The number of pyridine rings is 1. The van der Waals surface area contributed by atoms with Gasteiger partial charge in [-0.05, 0) is 49.7 Å². The summed E-state index contributed by atoms with van der Waals surface area (Å²) in [6, 6.07) is 1.31. The molecule has 1 aromatic heterocycles. The van der Waals surface area contributed by atoms with Crippen molar-refractivity contribution in [2.45, 2.75) is 52.0 Å². The summed E-state index contributed by atoms with van der Waals surface area (Å²) in [6.45, 7) is 4.17. The molecule has 0 unspecified atom stereocenters. The van der Waals surface area contributed by atoms with Gasteiger partial charge in [0, 0.05) is 12.2 Å². The van der Waals surface area contributed by atoms with E-state index in [0.29, 0.717) is 18.7 Å². The molecule has 132 valence electrons. The van der Waals surface area contributed by atoms with Crippen LogP contribution in [0.4, 0.5) is 5.69 Å². The average molecular weight is 351 g/mol. The fourth-order valence-electron chi connectivity index (χ4n) is 3.61. The second-order valence-electron chi connectivity index (χ2n) is 7.00. The van der Waals surface area contributed by atoms with E-state index in [-0.39, 0.29) is 17.6 Å². The van der Waals surface area contributed by atoms with Gasteiger partial charge in [-0.2, -0.15) is 4.31 Å². The molecule has 0 aromatic carbocycles. The molecule has 1 aromatic rings. The van der Waals surface area contributed by atoms with Gasteiger partial charge in [-0.1, -0.05) is 13.8 Å². The molecule has 1 aliphatic carbocycles. The summed E-state index contributed by atoms with van der Waals surface area (Å²) in [4.78, 5) is 17.2. The summed E-state index contributed by atoms with van der Waals surface area (Å²) in [5.41, 5.74) is 2.96. The van der Waals surface area contributed by atoms with Gasteiger partial charge in [0.1, 0.15) is 6.04 Å². The lowest BCUT2D eigenvalue weighted by atomic mass is 9.96. The third-order valence-corrected chi connectivity index (χ3v) is 6.71. The van der Waals surface area contributed by atoms with Crippen molar-refractivity contribution >= 4 is 21.6 Å². The molecule has 0 spiro atoms. The number of nitrogens with one attached hydrogen (secondary N) is 1. The summed E-state index contributed by atoms with van der Waals surface area (Å²) in [5.74, 6) is -0.235. The van der Waals surface area contributed by atoms with Crippen LogP contribution in [0.15, 0.2) is 12.3 Å². The maximum atomic E-state index is 12.8. The SMILES string of the molecule is CC(C)[C@H](C(=O)Nc1cnc2c(c1)CCCC2)N1CCCS1(=O)=O. The first-order valence-corrected chi connectivity index (χ1v) is 10.3. The molecule has 1 N–H and O–H groups in total. The van der Waals surface area contributed by atoms with E-state index in [2.05, 4.69) is 10.3 Å². The van der Waals surface area contributed by atoms with Gasteiger partial charge in [-0.15, -0.1) is 0 Å². The Hall–Kier alpha value is -1.47. The molecule has 2 heterocycles. The maximum Gasteiger partial charge on any atom is 0.243 e. The molecule has 1 fully saturated rings. The Labute approximate surface area is 143 Å². The second kappa shape index (κ2) is 6.80. The highest BCUT2D eigenvalue weighted by Crippen LogP contribution is 2.25. The van der Waals surface area contributed by atoms with Gasteiger partial charge in [0.25, 0.3) is 0 Å². The number of hydrogen-bond donors (Lipinski definition) is 1. The molecule has 6 nitrogen and oxygen atoms in total. The largest absolute Gasteiger partial charge is 0.323 e. The van der Waals surface area contributed by atoms with Gasteiger partial charge in [0.15, 0.2) is 0 Å². The summed E-state index contributed by atoms with van der Waals surface area (Å²) in [5, 5.41) is 2.88. The second-order valence-corrected chi connectivity index (χ2v) is 9.04. The first-order valence-electron chi connectivity index (χ1n) is 8.66. The molecule has 3 rings (SSSR count). The van der Waals surface area contributed by atoms with Crippen LogP contribution in [0.5, 0.6) is 0 Å². The number of rotatable bonds is 4. The van der Waals surface area contributed by atoms with Gasteiger partial charge in [-0.3, -0.25) is 9.78 Å². The molecule has 1 saturated heterocycles. The van der Waals surface area contributed by atoms with E-state index < -0.39 is 16.1 Å². The number of hydrogen-bond acceptors (Lipinski definition) is 4. The lowest BCUT2D eigenvalue weighted by Gasteiger charge is -2.28. The average Bonchev–Trinajstić information content (AvgIpc) is 2.86. The first kappa shape index (κ1) is 17.4. The van der Waals surface area contributed by atoms with Crippen molar-refractivity contribution in [2.24, 2.45) is 5.92 Å². The minimum absolute atomic E-state index is 0.0940. The molecule has 2 aliphatic rings. The summed E-state index contributed by atoms with van der Waals surface area (Å²) < 4.78 is 25.7. The van der Waals surface area contributed by atoms with E-state index in [1.807, 2.05) is 19.9 Å². The minimum Gasteiger partial charge on any atom is -0.323 e. The van der Waals surface area contributed by atoms with Gasteiger partial charge in [-0.25, -0.2) is 8.42 Å². The van der Waals surface area contributed by atoms with Crippen LogP contribution in [-0.4, -0.2) is 42.0 Å². The highest BCUT2D eigenvalue weighted by molar-refractivity contribution is 7.89. The molecular weight excluding hydrogens is 326 g/mol. The Morgan fingerprint density at radius 3 is 2.67 bits per heavy atom. The van der Waals surface area contributed by atoms with Crippen LogP contribution in [0.2, 0.25) is 0 Å². The fraction of sp³-hybridized carbons (Fsp3) is 0.647. The summed E-state index contributed by atoms with van der Waals surface area (Å²) in [7, 11) is -3.33. The molecule has 1 amide bonds. The van der Waals surface area contributed by atoms with E-state index in [1.165, 1.54) is 9.87 Å². The van der Waals surface area contributed by atoms with E-state index >= 15 is 0 Å². The third kappa shape index (κ3) is 3.47. The van der Waals surface area contributed by atoms with Gasteiger partial charge in [0.2, 0.25) is 15.9 Å². The molecule has 7 heteroatoms. The Kier molecular flexibility index (Phi) is 4.92. The van der Waals surface area contributed by atoms with Crippen LogP contribution in [0.25, 0.3) is 0 Å². The predicted octanol–water partition coefficient (Wildman–Crippen LogP) is 1.96. The zero-order chi connectivity index (χ0) is 17.3. The summed E-state index contributed by atoms with van der Waals surface area (Å²) in [6.07, 6.45) is 6.54. The van der Waals surface area contributed by atoms with Crippen LogP contribution in [0, 0.1) is 5.92 Å². The van der Waals surface area contributed by atoms with Crippen LogP contribution < -0.4 is 5.32 Å². The Bertz CT molecular complexity index is 731. The number of carbonyl (C=O) groups is 1. The lowest BCUT2D eigenvalue weighted by Crippen LogP contribution is -2.48. The predicted molar refractivity (Wildman–Crippen MR) is 93.2 cm³/mol. The van der Waals surface area contributed by atoms with Crippen molar-refractivity contribution < 1.29 is 13.2 Å². The minimum atomic E-state index is -3.33. The number of aryl methyl sites for hydroxylation is 2. The Morgan fingerprint density at radius 1 is 1.25 bits per heavy atom. The number of nitrogens with zero attached hydrogens (tertiary/aromatic N) is 2. The van der Waals surface area contributed by atoms with Gasteiger partial charge in [0.05, 0.1) is 17.6 Å². The highest BCUT2D eigenvalue weighted by atomic mass is 32.2. The molecule has 0 saturated carbocycles. The van der Waals surface area contributed by atoms with Gasteiger partial charge < -0.3 is 5.32 Å². The standard InChI is InChI=1S/C17H25N3O3S/c1-12(2)16(20-8-5-9-24(20,22)23)17(21)19-14-10-13-6-3-4-7-15(13)18-11-14/h10-12,16H,3-9H2,1-2H3,(H,19,21)/t16-/m1/s1. The molecule has 0 bridgehead atoms. The van der Waals surface area contributed by atoms with E-state index in [0.717, 1.165) is 31.4 Å². The van der Waals surface area contributed by atoms with Crippen LogP contribution in [-0.2, 0) is 27.7 Å². The number of aromatic nitrogens is 1. The first-order chi connectivity index (χ1) is 11.4. The van der Waals surface area contributed by atoms with Crippen molar-refractivity contribution in [2.75, 3.05) is 17.6 Å². The zero-order valence-electron chi connectivity index (χ0n) is 14.3. The smallest absolute Gasteiger partial charge is 0.243 e. The monoisotopic (exact) mass is 351 g/mol. The Balaban J connectivity index is 1.79. The normalized spacial score (nSPS) is 21.5. The van der Waals surface area contributed by atoms with Crippen molar-refractivity contribution in [3.63, 3.8) is 0 Å². The fourth-order valence-corrected chi connectivity index (χ4v) is 5.43. The van der Waals surface area contributed by atoms with Crippen molar-refractivity contribution in [3.8, 4) is 0 Å². The highest BCUT2D eigenvalue weighted by Gasteiger charge is 2.39. The number of amides is 1. The maximum absolute atomic E-state index is 12.8. The summed E-state index contributed by atoms with van der Waals surface area (Å²) >= 11 is 0. The number of sulfonamides is 1. The van der Waals surface area contributed by atoms with Gasteiger partial charge >= 0.3 is 0 Å². The van der Waals surface area contributed by atoms with E-state index in [4.69, 9.17) is 0 Å². The van der Waals surface area contributed by atoms with E-state index in [1.54, 1.807) is 6.20 Å².